The number of aromatic hydroxyl groups is 1. The first kappa shape index (κ1) is 25.4. The van der Waals surface area contributed by atoms with Crippen molar-refractivity contribution in [3.8, 4) is 28.4 Å². The molecule has 0 aliphatic rings. The topological polar surface area (TPSA) is 79.5 Å². The summed E-state index contributed by atoms with van der Waals surface area (Å²) in [6.45, 7) is 6.42. The van der Waals surface area contributed by atoms with E-state index in [2.05, 4.69) is 18.7 Å². The highest BCUT2D eigenvalue weighted by molar-refractivity contribution is 6.31. The number of nitrogens with zero attached hydrogens (tertiary/aromatic N) is 3. The van der Waals surface area contributed by atoms with Crippen molar-refractivity contribution in [3.63, 3.8) is 0 Å². The first-order chi connectivity index (χ1) is 17.4. The summed E-state index contributed by atoms with van der Waals surface area (Å²) < 4.78 is 12.1. The predicted molar refractivity (Wildman–Crippen MR) is 143 cm³/mol. The van der Waals surface area contributed by atoms with E-state index in [0.717, 1.165) is 28.8 Å². The Bertz CT molecular complexity index is 1460. The number of aromatic nitrogens is 1. The van der Waals surface area contributed by atoms with Gasteiger partial charge in [-0.1, -0.05) is 25.4 Å². The lowest BCUT2D eigenvalue weighted by Crippen LogP contribution is -2.22. The summed E-state index contributed by atoms with van der Waals surface area (Å²) in [6.07, 6.45) is 1.53. The van der Waals surface area contributed by atoms with E-state index in [1.807, 2.05) is 36.4 Å². The summed E-state index contributed by atoms with van der Waals surface area (Å²) in [5, 5.41) is 23.6. The molecule has 0 bridgehead atoms. The van der Waals surface area contributed by atoms with Gasteiger partial charge in [0.15, 0.2) is 0 Å². The molecule has 0 saturated carbocycles. The average molecular weight is 508 g/mol. The van der Waals surface area contributed by atoms with Gasteiger partial charge in [0.2, 0.25) is 0 Å². The Kier molecular flexibility index (Phi) is 7.72. The molecule has 0 aliphatic heterocycles. The highest BCUT2D eigenvalue weighted by atomic mass is 35.5. The summed E-state index contributed by atoms with van der Waals surface area (Å²) in [7, 11) is 3.20. The minimum atomic E-state index is 0.172. The third-order valence-corrected chi connectivity index (χ3v) is 6.50. The van der Waals surface area contributed by atoms with Crippen molar-refractivity contribution >= 4 is 28.2 Å². The second-order valence-corrected chi connectivity index (χ2v) is 8.78. The van der Waals surface area contributed by atoms with Gasteiger partial charge in [0.1, 0.15) is 17.2 Å². The Hall–Kier alpha value is -3.68. The van der Waals surface area contributed by atoms with Crippen LogP contribution in [0.15, 0.2) is 65.8 Å². The lowest BCUT2D eigenvalue weighted by molar-refractivity contribution is 0.198. The quantitative estimate of drug-likeness (QED) is 0.286. The Labute approximate surface area is 215 Å². The van der Waals surface area contributed by atoms with E-state index in [1.54, 1.807) is 32.4 Å². The van der Waals surface area contributed by atoms with E-state index < -0.39 is 0 Å². The monoisotopic (exact) mass is 507 g/mol. The molecular formula is C28H30ClN3O4. The van der Waals surface area contributed by atoms with E-state index in [-0.39, 0.29) is 5.75 Å². The summed E-state index contributed by atoms with van der Waals surface area (Å²) in [6, 6.07) is 16.2. The molecule has 4 aromatic rings. The summed E-state index contributed by atoms with van der Waals surface area (Å²) in [5.41, 5.74) is 3.24. The molecule has 1 aromatic heterocycles. The number of methoxy groups -OCH3 is 2. The zero-order valence-electron chi connectivity index (χ0n) is 20.8. The second-order valence-electron chi connectivity index (χ2n) is 8.35. The number of ether oxygens (including phenoxy) is 2. The van der Waals surface area contributed by atoms with Crippen molar-refractivity contribution < 1.29 is 19.8 Å². The molecule has 0 spiro atoms. The van der Waals surface area contributed by atoms with Crippen LogP contribution in [0.2, 0.25) is 5.02 Å². The van der Waals surface area contributed by atoms with Crippen LogP contribution in [0.4, 0.5) is 5.69 Å². The molecule has 2 N–H and O–H groups in total. The fraction of sp³-hybridized carbons (Fsp3) is 0.250. The fourth-order valence-corrected chi connectivity index (χ4v) is 4.41. The van der Waals surface area contributed by atoms with E-state index in [9.17, 15) is 10.3 Å². The number of benzene rings is 3. The number of hydrogen-bond donors (Lipinski definition) is 2. The van der Waals surface area contributed by atoms with Crippen LogP contribution in [-0.4, -0.2) is 47.3 Å². The van der Waals surface area contributed by atoms with Crippen molar-refractivity contribution in [3.05, 3.63) is 76.7 Å². The van der Waals surface area contributed by atoms with Crippen LogP contribution >= 0.6 is 11.6 Å². The van der Waals surface area contributed by atoms with Gasteiger partial charge in [-0.15, -0.1) is 0 Å². The number of halogens is 1. The Morgan fingerprint density at radius 3 is 2.42 bits per heavy atom. The van der Waals surface area contributed by atoms with Crippen LogP contribution in [-0.2, 0) is 6.54 Å². The predicted octanol–water partition coefficient (Wildman–Crippen LogP) is 6.00. The number of phenolic OH excluding ortho intramolecular Hbond substituents is 1. The summed E-state index contributed by atoms with van der Waals surface area (Å²) >= 11 is 6.15. The number of pyridine rings is 1. The molecule has 8 heteroatoms. The molecular weight excluding hydrogens is 478 g/mol. The standard InChI is InChI=1S/C28H30ClN3O4/c1-5-31(6-2)17-18-13-20(30-25-11-12-32(34)26-14-19(29)7-9-22(25)26)15-24(28(18)33)23-16-21(35-3)8-10-27(23)36-4/h7-16,33-34H,5-6,17H2,1-4H3. The van der Waals surface area contributed by atoms with E-state index in [1.165, 1.54) is 6.20 Å². The maximum Gasteiger partial charge on any atom is 0.128 e. The SMILES string of the molecule is CCN(CC)Cc1cc(N=c2ccn(O)c3cc(Cl)ccc23)cc(-c2cc(OC)ccc2OC)c1O. The van der Waals surface area contributed by atoms with Gasteiger partial charge >= 0.3 is 0 Å². The first-order valence-corrected chi connectivity index (χ1v) is 12.1. The van der Waals surface area contributed by atoms with Crippen LogP contribution in [0.5, 0.6) is 17.2 Å². The molecule has 0 saturated heterocycles. The van der Waals surface area contributed by atoms with E-state index >= 15 is 0 Å². The van der Waals surface area contributed by atoms with Gasteiger partial charge in [0, 0.05) is 39.8 Å². The van der Waals surface area contributed by atoms with Gasteiger partial charge in [-0.3, -0.25) is 4.90 Å². The van der Waals surface area contributed by atoms with Crippen LogP contribution < -0.4 is 14.8 Å². The number of fused-ring (bicyclic) bond motifs is 1. The maximum absolute atomic E-state index is 11.4. The van der Waals surface area contributed by atoms with Gasteiger partial charge in [0.25, 0.3) is 0 Å². The number of rotatable bonds is 8. The van der Waals surface area contributed by atoms with Gasteiger partial charge < -0.3 is 19.8 Å². The Morgan fingerprint density at radius 1 is 0.944 bits per heavy atom. The van der Waals surface area contributed by atoms with Crippen molar-refractivity contribution in [1.82, 2.24) is 9.63 Å². The number of phenols is 1. The van der Waals surface area contributed by atoms with Crippen molar-refractivity contribution in [2.45, 2.75) is 20.4 Å². The molecule has 3 aromatic carbocycles. The lowest BCUT2D eigenvalue weighted by atomic mass is 9.98. The van der Waals surface area contributed by atoms with Gasteiger partial charge in [-0.2, -0.15) is 4.73 Å². The molecule has 0 fully saturated rings. The van der Waals surface area contributed by atoms with Crippen molar-refractivity contribution in [2.24, 2.45) is 4.99 Å². The molecule has 0 atom stereocenters. The van der Waals surface area contributed by atoms with E-state index in [4.69, 9.17) is 26.1 Å². The highest BCUT2D eigenvalue weighted by Crippen LogP contribution is 2.42. The molecule has 188 valence electrons. The lowest BCUT2D eigenvalue weighted by Gasteiger charge is -2.21. The van der Waals surface area contributed by atoms with E-state index in [0.29, 0.717) is 50.8 Å². The third kappa shape index (κ3) is 5.12. The van der Waals surface area contributed by atoms with Crippen LogP contribution in [0, 0.1) is 0 Å². The molecule has 36 heavy (non-hydrogen) atoms. The largest absolute Gasteiger partial charge is 0.507 e. The second kappa shape index (κ2) is 10.9. The Balaban J connectivity index is 1.99. The molecule has 4 rings (SSSR count). The Morgan fingerprint density at radius 2 is 1.72 bits per heavy atom. The molecule has 0 unspecified atom stereocenters. The summed E-state index contributed by atoms with van der Waals surface area (Å²) in [4.78, 5) is 7.14. The number of hydrogen-bond acceptors (Lipinski definition) is 6. The molecule has 0 aliphatic carbocycles. The minimum Gasteiger partial charge on any atom is -0.507 e. The zero-order valence-corrected chi connectivity index (χ0v) is 21.6. The zero-order chi connectivity index (χ0) is 25.8. The molecule has 0 radical (unpaired) electrons. The van der Waals surface area contributed by atoms with Crippen LogP contribution in [0.3, 0.4) is 0 Å². The highest BCUT2D eigenvalue weighted by Gasteiger charge is 2.18. The molecule has 1 heterocycles. The van der Waals surface area contributed by atoms with Gasteiger partial charge in [-0.05, 0) is 67.7 Å². The molecule has 0 amide bonds. The van der Waals surface area contributed by atoms with Crippen molar-refractivity contribution in [2.75, 3.05) is 27.3 Å². The van der Waals surface area contributed by atoms with Crippen LogP contribution in [0.25, 0.3) is 22.0 Å². The normalized spacial score (nSPS) is 11.9. The van der Waals surface area contributed by atoms with Gasteiger partial charge in [-0.25, -0.2) is 4.99 Å². The smallest absolute Gasteiger partial charge is 0.128 e. The third-order valence-electron chi connectivity index (χ3n) is 6.26. The van der Waals surface area contributed by atoms with Gasteiger partial charge in [0.05, 0.1) is 30.8 Å². The van der Waals surface area contributed by atoms with Crippen molar-refractivity contribution in [1.29, 1.82) is 0 Å². The minimum absolute atomic E-state index is 0.172. The molecule has 7 nitrogen and oxygen atoms in total. The summed E-state index contributed by atoms with van der Waals surface area (Å²) in [5.74, 6) is 1.43. The fourth-order valence-electron chi connectivity index (χ4n) is 4.24. The maximum atomic E-state index is 11.4. The van der Waals surface area contributed by atoms with Crippen LogP contribution in [0.1, 0.15) is 19.4 Å². The average Bonchev–Trinajstić information content (AvgIpc) is 2.90. The first-order valence-electron chi connectivity index (χ1n) is 11.7.